The predicted molar refractivity (Wildman–Crippen MR) is 103 cm³/mol. The molecule has 1 fully saturated rings. The standard InChI is InChI=1S/C17H23N5OS.ClH/c1-13-16(20-21-22(13)14-7-9-18-10-8-14)17(23)19-11-12-24-15-5-3-2-4-6-15;/h2-6,14,18H,7-12H2,1H3,(H,19,23);1H. The van der Waals surface area contributed by atoms with Crippen LogP contribution >= 0.6 is 24.2 Å². The average molecular weight is 382 g/mol. The highest BCUT2D eigenvalue weighted by Gasteiger charge is 2.22. The number of hydrogen-bond acceptors (Lipinski definition) is 5. The van der Waals surface area contributed by atoms with Crippen LogP contribution in [0.25, 0.3) is 0 Å². The van der Waals surface area contributed by atoms with Gasteiger partial charge in [-0.15, -0.1) is 29.3 Å². The zero-order valence-corrected chi connectivity index (χ0v) is 15.9. The summed E-state index contributed by atoms with van der Waals surface area (Å²) in [4.78, 5) is 13.5. The summed E-state index contributed by atoms with van der Waals surface area (Å²) in [6.45, 7) is 4.51. The molecule has 2 heterocycles. The Balaban J connectivity index is 0.00000225. The van der Waals surface area contributed by atoms with E-state index in [2.05, 4.69) is 33.1 Å². The molecule has 1 saturated heterocycles. The van der Waals surface area contributed by atoms with E-state index in [1.165, 1.54) is 4.90 Å². The van der Waals surface area contributed by atoms with Crippen molar-refractivity contribution in [3.8, 4) is 0 Å². The third-order valence-electron chi connectivity index (χ3n) is 4.20. The molecule has 8 heteroatoms. The maximum absolute atomic E-state index is 12.3. The molecular formula is C17H24ClN5OS. The van der Waals surface area contributed by atoms with Crippen molar-refractivity contribution in [2.24, 2.45) is 0 Å². The SMILES string of the molecule is Cc1c(C(=O)NCCSc2ccccc2)nnn1C1CCNCC1.Cl. The molecule has 6 nitrogen and oxygen atoms in total. The van der Waals surface area contributed by atoms with E-state index in [4.69, 9.17) is 0 Å². The number of piperidine rings is 1. The third kappa shape index (κ3) is 5.20. The highest BCUT2D eigenvalue weighted by Crippen LogP contribution is 2.20. The summed E-state index contributed by atoms with van der Waals surface area (Å²) in [7, 11) is 0. The van der Waals surface area contributed by atoms with Gasteiger partial charge in [0.15, 0.2) is 5.69 Å². The molecule has 1 aromatic carbocycles. The van der Waals surface area contributed by atoms with E-state index in [-0.39, 0.29) is 18.3 Å². The van der Waals surface area contributed by atoms with Crippen LogP contribution in [0.1, 0.15) is 35.1 Å². The number of aromatic nitrogens is 3. The Morgan fingerprint density at radius 1 is 1.32 bits per heavy atom. The number of carbonyl (C=O) groups excluding carboxylic acids is 1. The Bertz CT molecular complexity index is 673. The first-order chi connectivity index (χ1) is 11.8. The lowest BCUT2D eigenvalue weighted by Crippen LogP contribution is -2.30. The van der Waals surface area contributed by atoms with E-state index in [1.807, 2.05) is 29.8 Å². The van der Waals surface area contributed by atoms with Crippen molar-refractivity contribution in [2.45, 2.75) is 30.7 Å². The van der Waals surface area contributed by atoms with E-state index >= 15 is 0 Å². The topological polar surface area (TPSA) is 71.8 Å². The zero-order chi connectivity index (χ0) is 16.8. The maximum atomic E-state index is 12.3. The van der Waals surface area contributed by atoms with E-state index in [1.54, 1.807) is 11.8 Å². The molecule has 25 heavy (non-hydrogen) atoms. The van der Waals surface area contributed by atoms with Crippen LogP contribution in [0.5, 0.6) is 0 Å². The van der Waals surface area contributed by atoms with Gasteiger partial charge in [-0.2, -0.15) is 0 Å². The van der Waals surface area contributed by atoms with Crippen LogP contribution in [0.2, 0.25) is 0 Å². The quantitative estimate of drug-likeness (QED) is 0.594. The molecule has 0 unspecified atom stereocenters. The number of carbonyl (C=O) groups is 1. The second-order valence-corrected chi connectivity index (χ2v) is 7.03. The number of hydrogen-bond donors (Lipinski definition) is 2. The lowest BCUT2D eigenvalue weighted by molar-refractivity contribution is 0.0950. The summed E-state index contributed by atoms with van der Waals surface area (Å²) >= 11 is 1.73. The van der Waals surface area contributed by atoms with Gasteiger partial charge in [0.25, 0.3) is 5.91 Å². The van der Waals surface area contributed by atoms with Crippen molar-refractivity contribution >= 4 is 30.1 Å². The molecule has 0 aliphatic carbocycles. The molecule has 0 bridgehead atoms. The molecular weight excluding hydrogens is 358 g/mol. The predicted octanol–water partition coefficient (Wildman–Crippen LogP) is 2.45. The molecule has 0 spiro atoms. The number of halogens is 1. The molecule has 3 rings (SSSR count). The minimum Gasteiger partial charge on any atom is -0.350 e. The van der Waals surface area contributed by atoms with Crippen LogP contribution in [-0.4, -0.2) is 46.3 Å². The van der Waals surface area contributed by atoms with Gasteiger partial charge >= 0.3 is 0 Å². The molecule has 2 N–H and O–H groups in total. The molecule has 2 aromatic rings. The fourth-order valence-electron chi connectivity index (χ4n) is 2.88. The maximum Gasteiger partial charge on any atom is 0.273 e. The van der Waals surface area contributed by atoms with Crippen LogP contribution in [0.4, 0.5) is 0 Å². The van der Waals surface area contributed by atoms with E-state index < -0.39 is 0 Å². The molecule has 1 aliphatic heterocycles. The van der Waals surface area contributed by atoms with Gasteiger partial charge in [0, 0.05) is 17.2 Å². The van der Waals surface area contributed by atoms with Gasteiger partial charge in [-0.25, -0.2) is 4.68 Å². The van der Waals surface area contributed by atoms with Crippen LogP contribution in [0, 0.1) is 6.92 Å². The summed E-state index contributed by atoms with van der Waals surface area (Å²) in [5.74, 6) is 0.693. The Hall–Kier alpha value is -1.57. The third-order valence-corrected chi connectivity index (χ3v) is 5.21. The largest absolute Gasteiger partial charge is 0.350 e. The van der Waals surface area contributed by atoms with Crippen molar-refractivity contribution in [1.29, 1.82) is 0 Å². The highest BCUT2D eigenvalue weighted by molar-refractivity contribution is 7.99. The molecule has 1 aromatic heterocycles. The molecule has 136 valence electrons. The monoisotopic (exact) mass is 381 g/mol. The summed E-state index contributed by atoms with van der Waals surface area (Å²) in [5.41, 5.74) is 1.30. The Labute approximate surface area is 158 Å². The summed E-state index contributed by atoms with van der Waals surface area (Å²) < 4.78 is 1.91. The van der Waals surface area contributed by atoms with Crippen molar-refractivity contribution in [3.63, 3.8) is 0 Å². The van der Waals surface area contributed by atoms with E-state index in [0.29, 0.717) is 18.3 Å². The van der Waals surface area contributed by atoms with Crippen LogP contribution in [0.3, 0.4) is 0 Å². The van der Waals surface area contributed by atoms with Gasteiger partial charge in [0.2, 0.25) is 0 Å². The Kier molecular flexibility index (Phi) is 7.74. The van der Waals surface area contributed by atoms with Crippen molar-refractivity contribution in [3.05, 3.63) is 41.7 Å². The number of amides is 1. The minimum absolute atomic E-state index is 0. The fourth-order valence-corrected chi connectivity index (χ4v) is 3.67. The molecule has 0 atom stereocenters. The second kappa shape index (κ2) is 9.79. The minimum atomic E-state index is -0.138. The Morgan fingerprint density at radius 3 is 2.76 bits per heavy atom. The zero-order valence-electron chi connectivity index (χ0n) is 14.3. The first kappa shape index (κ1) is 19.8. The molecule has 0 saturated carbocycles. The van der Waals surface area contributed by atoms with Crippen molar-refractivity contribution in [1.82, 2.24) is 25.6 Å². The number of thioether (sulfide) groups is 1. The van der Waals surface area contributed by atoms with Crippen LogP contribution in [0.15, 0.2) is 35.2 Å². The van der Waals surface area contributed by atoms with Crippen LogP contribution < -0.4 is 10.6 Å². The molecule has 1 aliphatic rings. The average Bonchev–Trinajstić information content (AvgIpc) is 3.02. The summed E-state index contributed by atoms with van der Waals surface area (Å²) in [5, 5.41) is 14.6. The highest BCUT2D eigenvalue weighted by atomic mass is 35.5. The van der Waals surface area contributed by atoms with Crippen LogP contribution in [-0.2, 0) is 0 Å². The summed E-state index contributed by atoms with van der Waals surface area (Å²) in [6.07, 6.45) is 2.05. The number of nitrogens with one attached hydrogen (secondary N) is 2. The summed E-state index contributed by atoms with van der Waals surface area (Å²) in [6, 6.07) is 10.5. The smallest absolute Gasteiger partial charge is 0.273 e. The molecule has 0 radical (unpaired) electrons. The lowest BCUT2D eigenvalue weighted by atomic mass is 10.1. The van der Waals surface area contributed by atoms with Gasteiger partial charge in [-0.05, 0) is 45.0 Å². The Morgan fingerprint density at radius 2 is 2.04 bits per heavy atom. The fraction of sp³-hybridized carbons (Fsp3) is 0.471. The van der Waals surface area contributed by atoms with Crippen molar-refractivity contribution < 1.29 is 4.79 Å². The first-order valence-electron chi connectivity index (χ1n) is 8.34. The number of rotatable bonds is 6. The normalized spacial score (nSPS) is 14.8. The lowest BCUT2D eigenvalue weighted by Gasteiger charge is -2.23. The van der Waals surface area contributed by atoms with Gasteiger partial charge < -0.3 is 10.6 Å². The molecule has 1 amide bonds. The van der Waals surface area contributed by atoms with Gasteiger partial charge in [-0.1, -0.05) is 23.4 Å². The van der Waals surface area contributed by atoms with Gasteiger partial charge in [0.05, 0.1) is 11.7 Å². The van der Waals surface area contributed by atoms with Crippen molar-refractivity contribution in [2.75, 3.05) is 25.4 Å². The van der Waals surface area contributed by atoms with E-state index in [0.717, 1.165) is 37.4 Å². The number of benzene rings is 1. The second-order valence-electron chi connectivity index (χ2n) is 5.87. The van der Waals surface area contributed by atoms with Gasteiger partial charge in [0.1, 0.15) is 0 Å². The first-order valence-corrected chi connectivity index (χ1v) is 9.33. The van der Waals surface area contributed by atoms with Gasteiger partial charge in [-0.3, -0.25) is 4.79 Å². The number of nitrogens with zero attached hydrogens (tertiary/aromatic N) is 3. The van der Waals surface area contributed by atoms with E-state index in [9.17, 15) is 4.79 Å².